The van der Waals surface area contributed by atoms with Gasteiger partial charge in [-0.1, -0.05) is 23.2 Å². The molecule has 0 bridgehead atoms. The summed E-state index contributed by atoms with van der Waals surface area (Å²) in [6.45, 7) is 3.02. The summed E-state index contributed by atoms with van der Waals surface area (Å²) in [4.78, 5) is 8.59. The Morgan fingerprint density at radius 2 is 1.81 bits per heavy atom. The van der Waals surface area contributed by atoms with E-state index in [9.17, 15) is 0 Å². The van der Waals surface area contributed by atoms with Crippen molar-refractivity contribution in [3.8, 4) is 11.6 Å². The highest BCUT2D eigenvalue weighted by Crippen LogP contribution is 2.28. The zero-order chi connectivity index (χ0) is 15.2. The van der Waals surface area contributed by atoms with Crippen molar-refractivity contribution in [2.24, 2.45) is 0 Å². The summed E-state index contributed by atoms with van der Waals surface area (Å²) in [5, 5.41) is 4.11. The minimum absolute atomic E-state index is 0.298. The maximum atomic E-state index is 5.95. The fourth-order valence-electron chi connectivity index (χ4n) is 1.70. The van der Waals surface area contributed by atoms with E-state index in [4.69, 9.17) is 32.7 Å². The fourth-order valence-corrected chi connectivity index (χ4v) is 2.20. The molecule has 5 nitrogen and oxygen atoms in total. The largest absolute Gasteiger partial charge is 0.439 e. The third-order valence-electron chi connectivity index (χ3n) is 2.44. The molecule has 1 aromatic carbocycles. The van der Waals surface area contributed by atoms with Gasteiger partial charge in [0.2, 0.25) is 5.88 Å². The average molecular weight is 328 g/mol. The predicted molar refractivity (Wildman–Crippen MR) is 83.4 cm³/mol. The Bertz CT molecular complexity index is 579. The van der Waals surface area contributed by atoms with E-state index in [1.807, 2.05) is 6.92 Å². The first-order valence-electron chi connectivity index (χ1n) is 6.35. The van der Waals surface area contributed by atoms with E-state index in [2.05, 4.69) is 15.3 Å². The first-order chi connectivity index (χ1) is 10.1. The lowest BCUT2D eigenvalue weighted by Crippen LogP contribution is -2.05. The van der Waals surface area contributed by atoms with Gasteiger partial charge in [-0.3, -0.25) is 0 Å². The molecule has 0 spiro atoms. The number of ether oxygens (including phenoxy) is 2. The molecule has 112 valence electrons. The second-order valence-corrected chi connectivity index (χ2v) is 5.05. The monoisotopic (exact) mass is 327 g/mol. The maximum Gasteiger partial charge on any atom is 0.224 e. The average Bonchev–Trinajstić information content (AvgIpc) is 2.37. The number of hydrogen-bond donors (Lipinski definition) is 1. The lowest BCUT2D eigenvalue weighted by Gasteiger charge is -2.10. The van der Waals surface area contributed by atoms with Gasteiger partial charge in [0.15, 0.2) is 5.82 Å². The Balaban J connectivity index is 2.28. The van der Waals surface area contributed by atoms with Gasteiger partial charge in [-0.2, -0.15) is 4.98 Å². The SMILES string of the molecule is CCNc1cc(Oc2cc(Cl)cc(Cl)c2)nc(COC)n1. The molecule has 2 rings (SSSR count). The predicted octanol–water partition coefficient (Wildman–Crippen LogP) is 4.15. The summed E-state index contributed by atoms with van der Waals surface area (Å²) in [5.74, 6) is 2.10. The van der Waals surface area contributed by atoms with Gasteiger partial charge in [0.1, 0.15) is 18.2 Å². The first kappa shape index (κ1) is 15.8. The Labute approximate surface area is 133 Å². The van der Waals surface area contributed by atoms with Crippen molar-refractivity contribution < 1.29 is 9.47 Å². The third kappa shape index (κ3) is 4.74. The molecular formula is C14H15Cl2N3O2. The Hall–Kier alpha value is -1.56. The summed E-state index contributed by atoms with van der Waals surface area (Å²) < 4.78 is 10.8. The summed E-state index contributed by atoms with van der Waals surface area (Å²) in [6, 6.07) is 6.67. The minimum atomic E-state index is 0.298. The van der Waals surface area contributed by atoms with Gasteiger partial charge in [0.05, 0.1) is 0 Å². The van der Waals surface area contributed by atoms with Crippen LogP contribution in [0.1, 0.15) is 12.7 Å². The maximum absolute atomic E-state index is 5.95. The van der Waals surface area contributed by atoms with Gasteiger partial charge >= 0.3 is 0 Å². The van der Waals surface area contributed by atoms with Crippen LogP contribution in [0, 0.1) is 0 Å². The number of methoxy groups -OCH3 is 1. The van der Waals surface area contributed by atoms with Crippen LogP contribution in [0.5, 0.6) is 11.6 Å². The quantitative estimate of drug-likeness (QED) is 0.863. The zero-order valence-corrected chi connectivity index (χ0v) is 13.2. The van der Waals surface area contributed by atoms with Crippen molar-refractivity contribution in [1.29, 1.82) is 0 Å². The number of benzene rings is 1. The van der Waals surface area contributed by atoms with Crippen LogP contribution in [0.2, 0.25) is 10.0 Å². The van der Waals surface area contributed by atoms with Crippen LogP contribution in [-0.2, 0) is 11.3 Å². The van der Waals surface area contributed by atoms with Crippen LogP contribution in [-0.4, -0.2) is 23.6 Å². The molecule has 2 aromatic rings. The van der Waals surface area contributed by atoms with Crippen LogP contribution >= 0.6 is 23.2 Å². The molecule has 0 amide bonds. The second-order valence-electron chi connectivity index (χ2n) is 4.18. The van der Waals surface area contributed by atoms with Crippen molar-refractivity contribution in [2.45, 2.75) is 13.5 Å². The van der Waals surface area contributed by atoms with Crippen molar-refractivity contribution in [3.63, 3.8) is 0 Å². The highest BCUT2D eigenvalue weighted by Gasteiger charge is 2.07. The lowest BCUT2D eigenvalue weighted by molar-refractivity contribution is 0.177. The van der Waals surface area contributed by atoms with E-state index in [-0.39, 0.29) is 0 Å². The highest BCUT2D eigenvalue weighted by molar-refractivity contribution is 6.34. The van der Waals surface area contributed by atoms with Gasteiger partial charge in [0.25, 0.3) is 0 Å². The first-order valence-corrected chi connectivity index (χ1v) is 7.11. The molecule has 0 fully saturated rings. The van der Waals surface area contributed by atoms with Crippen molar-refractivity contribution in [1.82, 2.24) is 9.97 Å². The van der Waals surface area contributed by atoms with E-state index in [0.29, 0.717) is 39.9 Å². The smallest absolute Gasteiger partial charge is 0.224 e. The number of hydrogen-bond acceptors (Lipinski definition) is 5. The molecule has 1 N–H and O–H groups in total. The molecule has 0 unspecified atom stereocenters. The van der Waals surface area contributed by atoms with Gasteiger partial charge in [-0.25, -0.2) is 4.98 Å². The minimum Gasteiger partial charge on any atom is -0.439 e. The molecule has 21 heavy (non-hydrogen) atoms. The topological polar surface area (TPSA) is 56.3 Å². The van der Waals surface area contributed by atoms with Crippen LogP contribution in [0.3, 0.4) is 0 Å². The number of halogens is 2. The molecular weight excluding hydrogens is 313 g/mol. The standard InChI is InChI=1S/C14H15Cl2N3O2/c1-3-17-12-7-14(19-13(18-12)8-20-2)21-11-5-9(15)4-10(16)6-11/h4-7H,3,8H2,1-2H3,(H,17,18,19). The summed E-state index contributed by atoms with van der Waals surface area (Å²) in [6.07, 6.45) is 0. The van der Waals surface area contributed by atoms with E-state index in [1.165, 1.54) is 0 Å². The Kier molecular flexibility index (Phi) is 5.61. The molecule has 7 heteroatoms. The molecule has 0 saturated heterocycles. The molecule has 0 aliphatic carbocycles. The summed E-state index contributed by atoms with van der Waals surface area (Å²) in [5.41, 5.74) is 0. The van der Waals surface area contributed by atoms with Gasteiger partial charge < -0.3 is 14.8 Å². The molecule has 0 saturated carbocycles. The van der Waals surface area contributed by atoms with Crippen LogP contribution in [0.15, 0.2) is 24.3 Å². The van der Waals surface area contributed by atoms with E-state index >= 15 is 0 Å². The number of nitrogens with one attached hydrogen (secondary N) is 1. The van der Waals surface area contributed by atoms with Crippen molar-refractivity contribution in [2.75, 3.05) is 19.0 Å². The number of nitrogens with zero attached hydrogens (tertiary/aromatic N) is 2. The molecule has 0 radical (unpaired) electrons. The molecule has 1 aromatic heterocycles. The van der Waals surface area contributed by atoms with Crippen LogP contribution in [0.4, 0.5) is 5.82 Å². The molecule has 0 aliphatic heterocycles. The number of rotatable bonds is 6. The van der Waals surface area contributed by atoms with Crippen LogP contribution < -0.4 is 10.1 Å². The third-order valence-corrected chi connectivity index (χ3v) is 2.88. The van der Waals surface area contributed by atoms with Crippen molar-refractivity contribution >= 4 is 29.0 Å². The second kappa shape index (κ2) is 7.45. The summed E-state index contributed by atoms with van der Waals surface area (Å²) in [7, 11) is 1.58. The highest BCUT2D eigenvalue weighted by atomic mass is 35.5. The molecule has 0 aliphatic rings. The zero-order valence-electron chi connectivity index (χ0n) is 11.7. The van der Waals surface area contributed by atoms with Gasteiger partial charge in [0, 0.05) is 29.8 Å². The molecule has 0 atom stereocenters. The molecule has 1 heterocycles. The van der Waals surface area contributed by atoms with Gasteiger partial charge in [-0.05, 0) is 25.1 Å². The number of anilines is 1. The lowest BCUT2D eigenvalue weighted by atomic mass is 10.3. The summed E-state index contributed by atoms with van der Waals surface area (Å²) >= 11 is 11.9. The van der Waals surface area contributed by atoms with E-state index < -0.39 is 0 Å². The van der Waals surface area contributed by atoms with E-state index in [1.54, 1.807) is 31.4 Å². The van der Waals surface area contributed by atoms with Crippen LogP contribution in [0.25, 0.3) is 0 Å². The normalized spacial score (nSPS) is 10.5. The fraction of sp³-hybridized carbons (Fsp3) is 0.286. The van der Waals surface area contributed by atoms with Gasteiger partial charge in [-0.15, -0.1) is 0 Å². The Morgan fingerprint density at radius 1 is 1.10 bits per heavy atom. The number of aromatic nitrogens is 2. The van der Waals surface area contributed by atoms with Crippen molar-refractivity contribution in [3.05, 3.63) is 40.1 Å². The Morgan fingerprint density at radius 3 is 2.43 bits per heavy atom. The van der Waals surface area contributed by atoms with E-state index in [0.717, 1.165) is 6.54 Å².